The largest absolute Gasteiger partial charge is 0.311 e. The Kier molecular flexibility index (Phi) is 5.14. The molecule has 1 saturated carbocycles. The second-order valence-corrected chi connectivity index (χ2v) is 7.24. The fourth-order valence-electron chi connectivity index (χ4n) is 3.69. The molecule has 1 unspecified atom stereocenters. The lowest BCUT2D eigenvalue weighted by molar-refractivity contribution is 0.141. The van der Waals surface area contributed by atoms with E-state index >= 15 is 0 Å². The van der Waals surface area contributed by atoms with Crippen molar-refractivity contribution in [1.29, 1.82) is 0 Å². The predicted octanol–water partition coefficient (Wildman–Crippen LogP) is 3.80. The van der Waals surface area contributed by atoms with Gasteiger partial charge >= 0.3 is 0 Å². The molecule has 1 aliphatic carbocycles. The summed E-state index contributed by atoms with van der Waals surface area (Å²) in [6.07, 6.45) is 7.20. The maximum absolute atomic E-state index is 3.76. The minimum atomic E-state index is 0.722. The third kappa shape index (κ3) is 3.84. The van der Waals surface area contributed by atoms with Gasteiger partial charge in [-0.3, -0.25) is 4.90 Å². The minimum Gasteiger partial charge on any atom is -0.311 e. The minimum absolute atomic E-state index is 0.722. The first-order valence-electron chi connectivity index (χ1n) is 8.01. The molecule has 0 aromatic heterocycles. The van der Waals surface area contributed by atoms with Crippen LogP contribution in [-0.2, 0) is 6.54 Å². The van der Waals surface area contributed by atoms with Crippen LogP contribution >= 0.6 is 15.9 Å². The Balaban J connectivity index is 1.56. The zero-order valence-electron chi connectivity index (χ0n) is 12.2. The summed E-state index contributed by atoms with van der Waals surface area (Å²) in [5.74, 6) is 0.913. The van der Waals surface area contributed by atoms with E-state index in [0.29, 0.717) is 0 Å². The Hall–Kier alpha value is -0.380. The first-order chi connectivity index (χ1) is 9.81. The van der Waals surface area contributed by atoms with Gasteiger partial charge in [0.15, 0.2) is 0 Å². The topological polar surface area (TPSA) is 15.3 Å². The quantitative estimate of drug-likeness (QED) is 0.902. The molecule has 1 aliphatic heterocycles. The smallest absolute Gasteiger partial charge is 0.0234 e. The van der Waals surface area contributed by atoms with Gasteiger partial charge in [-0.1, -0.05) is 47.3 Å². The van der Waals surface area contributed by atoms with Crippen LogP contribution in [-0.4, -0.2) is 30.6 Å². The van der Waals surface area contributed by atoms with Crippen molar-refractivity contribution in [1.82, 2.24) is 10.2 Å². The third-order valence-electron chi connectivity index (χ3n) is 4.83. The van der Waals surface area contributed by atoms with E-state index in [-0.39, 0.29) is 0 Å². The number of hydrogen-bond acceptors (Lipinski definition) is 2. The Labute approximate surface area is 131 Å². The summed E-state index contributed by atoms with van der Waals surface area (Å²) < 4.78 is 1.17. The van der Waals surface area contributed by atoms with E-state index in [0.717, 1.165) is 25.0 Å². The molecule has 3 heteroatoms. The van der Waals surface area contributed by atoms with Gasteiger partial charge in [0.05, 0.1) is 0 Å². The fraction of sp³-hybridized carbons (Fsp3) is 0.647. The number of nitrogens with one attached hydrogen (secondary N) is 1. The first kappa shape index (κ1) is 14.6. The van der Waals surface area contributed by atoms with Crippen molar-refractivity contribution in [3.05, 3.63) is 34.3 Å². The maximum Gasteiger partial charge on any atom is 0.0234 e. The molecule has 0 spiro atoms. The maximum atomic E-state index is 3.76. The van der Waals surface area contributed by atoms with E-state index in [1.807, 2.05) is 0 Å². The Morgan fingerprint density at radius 3 is 2.60 bits per heavy atom. The summed E-state index contributed by atoms with van der Waals surface area (Å²) in [7, 11) is 0. The van der Waals surface area contributed by atoms with Crippen LogP contribution in [0.3, 0.4) is 0 Å². The number of halogens is 1. The van der Waals surface area contributed by atoms with Crippen molar-refractivity contribution in [3.63, 3.8) is 0 Å². The summed E-state index contributed by atoms with van der Waals surface area (Å²) in [5.41, 5.74) is 1.43. The molecule has 0 amide bonds. The lowest BCUT2D eigenvalue weighted by Gasteiger charge is -2.39. The Bertz CT molecular complexity index is 412. The van der Waals surface area contributed by atoms with E-state index in [1.54, 1.807) is 0 Å². The molecule has 2 fully saturated rings. The summed E-state index contributed by atoms with van der Waals surface area (Å²) in [5, 5.41) is 3.76. The lowest BCUT2D eigenvalue weighted by Crippen LogP contribution is -2.53. The molecule has 1 N–H and O–H groups in total. The van der Waals surface area contributed by atoms with E-state index in [9.17, 15) is 0 Å². The monoisotopic (exact) mass is 336 g/mol. The van der Waals surface area contributed by atoms with E-state index in [1.165, 1.54) is 55.2 Å². The molecule has 20 heavy (non-hydrogen) atoms. The van der Waals surface area contributed by atoms with Crippen LogP contribution in [0.4, 0.5) is 0 Å². The number of nitrogens with zero attached hydrogens (tertiary/aromatic N) is 1. The molecule has 1 heterocycles. The highest BCUT2D eigenvalue weighted by atomic mass is 79.9. The van der Waals surface area contributed by atoms with Crippen LogP contribution in [0, 0.1) is 5.92 Å². The zero-order valence-corrected chi connectivity index (χ0v) is 13.7. The summed E-state index contributed by atoms with van der Waals surface area (Å²) in [6, 6.07) is 9.50. The highest BCUT2D eigenvalue weighted by Crippen LogP contribution is 2.28. The Morgan fingerprint density at radius 2 is 1.85 bits per heavy atom. The van der Waals surface area contributed by atoms with Crippen LogP contribution in [0.25, 0.3) is 0 Å². The molecular formula is C17H25BrN2. The molecule has 2 aliphatic rings. The molecule has 3 rings (SSSR count). The summed E-state index contributed by atoms with van der Waals surface area (Å²) in [4.78, 5) is 2.62. The lowest BCUT2D eigenvalue weighted by atomic mass is 9.83. The van der Waals surface area contributed by atoms with Crippen LogP contribution in [0.15, 0.2) is 28.7 Å². The van der Waals surface area contributed by atoms with Gasteiger partial charge in [-0.05, 0) is 36.5 Å². The number of piperazine rings is 1. The van der Waals surface area contributed by atoms with E-state index in [2.05, 4.69) is 50.4 Å². The van der Waals surface area contributed by atoms with Gasteiger partial charge in [0.2, 0.25) is 0 Å². The van der Waals surface area contributed by atoms with Gasteiger partial charge in [0.1, 0.15) is 0 Å². The normalized spacial score (nSPS) is 25.8. The number of benzene rings is 1. The molecule has 110 valence electrons. The van der Waals surface area contributed by atoms with Crippen molar-refractivity contribution in [3.8, 4) is 0 Å². The zero-order chi connectivity index (χ0) is 13.8. The van der Waals surface area contributed by atoms with Gasteiger partial charge in [0, 0.05) is 36.7 Å². The molecule has 1 atom stereocenters. The van der Waals surface area contributed by atoms with Crippen molar-refractivity contribution in [2.24, 2.45) is 5.92 Å². The predicted molar refractivity (Wildman–Crippen MR) is 87.8 cm³/mol. The van der Waals surface area contributed by atoms with Gasteiger partial charge < -0.3 is 5.32 Å². The van der Waals surface area contributed by atoms with Gasteiger partial charge in [-0.15, -0.1) is 0 Å². The molecule has 1 aromatic carbocycles. The highest BCUT2D eigenvalue weighted by Gasteiger charge is 2.27. The molecule has 1 saturated heterocycles. The SMILES string of the molecule is Brc1ccc(CN2CCNC(C3CCCCC3)C2)cc1. The van der Waals surface area contributed by atoms with Crippen molar-refractivity contribution < 1.29 is 0 Å². The second-order valence-electron chi connectivity index (χ2n) is 6.32. The number of rotatable bonds is 3. The van der Waals surface area contributed by atoms with E-state index < -0.39 is 0 Å². The van der Waals surface area contributed by atoms with Crippen LogP contribution in [0.2, 0.25) is 0 Å². The van der Waals surface area contributed by atoms with Gasteiger partial charge in [-0.25, -0.2) is 0 Å². The molecule has 1 aromatic rings. The summed E-state index contributed by atoms with van der Waals surface area (Å²) >= 11 is 3.51. The van der Waals surface area contributed by atoms with Crippen molar-refractivity contribution in [2.45, 2.75) is 44.7 Å². The van der Waals surface area contributed by atoms with Crippen LogP contribution in [0.1, 0.15) is 37.7 Å². The Morgan fingerprint density at radius 1 is 1.10 bits per heavy atom. The second kappa shape index (κ2) is 7.06. The third-order valence-corrected chi connectivity index (χ3v) is 5.36. The molecule has 0 radical (unpaired) electrons. The molecular weight excluding hydrogens is 312 g/mol. The van der Waals surface area contributed by atoms with E-state index in [4.69, 9.17) is 0 Å². The van der Waals surface area contributed by atoms with Gasteiger partial charge in [0.25, 0.3) is 0 Å². The molecule has 0 bridgehead atoms. The van der Waals surface area contributed by atoms with Crippen molar-refractivity contribution in [2.75, 3.05) is 19.6 Å². The standard InChI is InChI=1S/C17H25BrN2/c18-16-8-6-14(7-9-16)12-20-11-10-19-17(13-20)15-4-2-1-3-5-15/h6-9,15,17,19H,1-5,10-13H2. The highest BCUT2D eigenvalue weighted by molar-refractivity contribution is 9.10. The summed E-state index contributed by atoms with van der Waals surface area (Å²) in [6.45, 7) is 4.65. The average molecular weight is 337 g/mol. The van der Waals surface area contributed by atoms with Crippen LogP contribution in [0.5, 0.6) is 0 Å². The van der Waals surface area contributed by atoms with Gasteiger partial charge in [-0.2, -0.15) is 0 Å². The first-order valence-corrected chi connectivity index (χ1v) is 8.81. The van der Waals surface area contributed by atoms with Crippen LogP contribution < -0.4 is 5.32 Å². The molecule has 2 nitrogen and oxygen atoms in total. The number of hydrogen-bond donors (Lipinski definition) is 1. The average Bonchev–Trinajstić information content (AvgIpc) is 2.51. The fourth-order valence-corrected chi connectivity index (χ4v) is 3.95. The van der Waals surface area contributed by atoms with Crippen molar-refractivity contribution >= 4 is 15.9 Å².